The molecule has 0 aromatic heterocycles. The first-order valence-electron chi connectivity index (χ1n) is 6.68. The van der Waals surface area contributed by atoms with E-state index in [1.54, 1.807) is 30.8 Å². The van der Waals surface area contributed by atoms with Crippen LogP contribution in [0.2, 0.25) is 16.6 Å². The highest BCUT2D eigenvalue weighted by Gasteiger charge is 2.37. The molecule has 0 spiro atoms. The Bertz CT molecular complexity index is 709. The molecule has 0 saturated carbocycles. The van der Waals surface area contributed by atoms with Gasteiger partial charge in [-0.1, -0.05) is 68.9 Å². The van der Waals surface area contributed by atoms with Crippen LogP contribution in [0.5, 0.6) is 0 Å². The van der Waals surface area contributed by atoms with Gasteiger partial charge in [-0.05, 0) is 24.3 Å². The van der Waals surface area contributed by atoms with Crippen molar-refractivity contribution in [2.45, 2.75) is 6.55 Å². The smallest absolute Gasteiger partial charge is 0.392 e. The summed E-state index contributed by atoms with van der Waals surface area (Å²) in [5.74, 6) is 0. The van der Waals surface area contributed by atoms with E-state index in [4.69, 9.17) is 43.3 Å². The van der Waals surface area contributed by atoms with Gasteiger partial charge < -0.3 is 9.05 Å². The van der Waals surface area contributed by atoms with Crippen LogP contribution in [-0.4, -0.2) is 19.3 Å². The number of benzene rings is 2. The molecule has 0 aliphatic carbocycles. The number of oxime groups is 2. The molecule has 118 valence electrons. The fourth-order valence-electron chi connectivity index (χ4n) is 1.95. The standard InChI is InChI=1S/C15H11Cl3N2O2Si/c1-23(18)21-19-14(10-2-6-12(16)7-3-10)15(20-22-23)11-4-8-13(17)9-5-11/h2-9H,1H3. The van der Waals surface area contributed by atoms with Crippen LogP contribution in [0, 0.1) is 0 Å². The van der Waals surface area contributed by atoms with Crippen LogP contribution in [0.1, 0.15) is 11.1 Å². The number of nitrogens with zero attached hydrogens (tertiary/aromatic N) is 2. The van der Waals surface area contributed by atoms with Gasteiger partial charge in [0.15, 0.2) is 0 Å². The zero-order valence-electron chi connectivity index (χ0n) is 12.0. The van der Waals surface area contributed by atoms with E-state index < -0.39 is 7.87 Å². The molecule has 1 aliphatic rings. The Labute approximate surface area is 149 Å². The predicted molar refractivity (Wildman–Crippen MR) is 95.6 cm³/mol. The van der Waals surface area contributed by atoms with Gasteiger partial charge in [0.2, 0.25) is 0 Å². The molecule has 0 atom stereocenters. The van der Waals surface area contributed by atoms with Gasteiger partial charge in [0.1, 0.15) is 11.4 Å². The molecule has 0 bridgehead atoms. The topological polar surface area (TPSA) is 43.2 Å². The van der Waals surface area contributed by atoms with Crippen LogP contribution in [0.15, 0.2) is 58.8 Å². The zero-order valence-corrected chi connectivity index (χ0v) is 15.2. The highest BCUT2D eigenvalue weighted by molar-refractivity contribution is 7.12. The van der Waals surface area contributed by atoms with Crippen molar-refractivity contribution in [1.82, 2.24) is 0 Å². The van der Waals surface area contributed by atoms with Crippen molar-refractivity contribution in [3.63, 3.8) is 0 Å². The molecule has 23 heavy (non-hydrogen) atoms. The van der Waals surface area contributed by atoms with Crippen LogP contribution in [0.4, 0.5) is 0 Å². The van der Waals surface area contributed by atoms with Crippen LogP contribution in [0.25, 0.3) is 0 Å². The normalized spacial score (nSPS) is 16.5. The minimum absolute atomic E-state index is 0.515. The third-order valence-electron chi connectivity index (χ3n) is 3.06. The van der Waals surface area contributed by atoms with E-state index in [1.165, 1.54) is 0 Å². The van der Waals surface area contributed by atoms with Crippen LogP contribution in [0.3, 0.4) is 0 Å². The highest BCUT2D eigenvalue weighted by atomic mass is 35.6. The van der Waals surface area contributed by atoms with Gasteiger partial charge in [0, 0.05) is 27.7 Å². The van der Waals surface area contributed by atoms with E-state index in [1.807, 2.05) is 24.3 Å². The van der Waals surface area contributed by atoms with Crippen LogP contribution >= 0.6 is 34.3 Å². The third-order valence-corrected chi connectivity index (χ3v) is 4.81. The molecule has 0 radical (unpaired) electrons. The molecular weight excluding hydrogens is 375 g/mol. The van der Waals surface area contributed by atoms with Crippen molar-refractivity contribution >= 4 is 53.6 Å². The fourth-order valence-corrected chi connectivity index (χ4v) is 2.95. The molecule has 0 saturated heterocycles. The molecule has 0 N–H and O–H groups in total. The Hall–Kier alpha value is -1.53. The summed E-state index contributed by atoms with van der Waals surface area (Å²) >= 11 is 18.1. The second-order valence-electron chi connectivity index (χ2n) is 4.91. The summed E-state index contributed by atoms with van der Waals surface area (Å²) in [5, 5.41) is 9.59. The van der Waals surface area contributed by atoms with Crippen molar-refractivity contribution in [3.05, 3.63) is 69.7 Å². The first kappa shape index (κ1) is 16.3. The van der Waals surface area contributed by atoms with Crippen molar-refractivity contribution in [2.24, 2.45) is 10.3 Å². The van der Waals surface area contributed by atoms with Crippen molar-refractivity contribution in [1.29, 1.82) is 0 Å². The van der Waals surface area contributed by atoms with Crippen molar-refractivity contribution in [3.8, 4) is 0 Å². The molecule has 2 aromatic rings. The van der Waals surface area contributed by atoms with Gasteiger partial charge in [-0.25, -0.2) is 0 Å². The molecule has 4 nitrogen and oxygen atoms in total. The van der Waals surface area contributed by atoms with Gasteiger partial charge in [-0.3, -0.25) is 0 Å². The molecule has 8 heteroatoms. The second kappa shape index (κ2) is 6.53. The average molecular weight is 386 g/mol. The molecule has 2 aromatic carbocycles. The highest BCUT2D eigenvalue weighted by Crippen LogP contribution is 2.22. The first-order valence-corrected chi connectivity index (χ1v) is 10.8. The largest absolute Gasteiger partial charge is 0.608 e. The second-order valence-corrected chi connectivity index (χ2v) is 9.88. The quantitative estimate of drug-likeness (QED) is 0.542. The molecule has 1 heterocycles. The van der Waals surface area contributed by atoms with E-state index in [-0.39, 0.29) is 0 Å². The minimum Gasteiger partial charge on any atom is -0.392 e. The Morgan fingerprint density at radius 2 is 1.09 bits per heavy atom. The van der Waals surface area contributed by atoms with E-state index >= 15 is 0 Å². The molecule has 0 unspecified atom stereocenters. The number of rotatable bonds is 2. The van der Waals surface area contributed by atoms with Gasteiger partial charge in [0.05, 0.1) is 0 Å². The molecule has 3 rings (SSSR count). The van der Waals surface area contributed by atoms with E-state index in [0.717, 1.165) is 11.1 Å². The summed E-state index contributed by atoms with van der Waals surface area (Å²) in [5.41, 5.74) is 2.60. The third kappa shape index (κ3) is 3.87. The minimum atomic E-state index is -2.97. The van der Waals surface area contributed by atoms with Gasteiger partial charge in [-0.2, -0.15) is 0 Å². The average Bonchev–Trinajstić information content (AvgIpc) is 2.68. The maximum atomic E-state index is 6.17. The zero-order chi connectivity index (χ0) is 16.4. The Kier molecular flexibility index (Phi) is 4.64. The number of hydrogen-bond donors (Lipinski definition) is 0. The lowest BCUT2D eigenvalue weighted by Gasteiger charge is -2.10. The van der Waals surface area contributed by atoms with E-state index in [2.05, 4.69) is 10.3 Å². The summed E-state index contributed by atoms with van der Waals surface area (Å²) in [7, 11) is -2.97. The lowest BCUT2D eigenvalue weighted by Crippen LogP contribution is -2.26. The van der Waals surface area contributed by atoms with Gasteiger partial charge in [0.25, 0.3) is 0 Å². The van der Waals surface area contributed by atoms with Crippen molar-refractivity contribution in [2.75, 3.05) is 0 Å². The van der Waals surface area contributed by atoms with Crippen LogP contribution in [-0.2, 0) is 9.05 Å². The van der Waals surface area contributed by atoms with Gasteiger partial charge in [-0.15, -0.1) is 0 Å². The summed E-state index contributed by atoms with van der Waals surface area (Å²) in [6.07, 6.45) is 0. The lowest BCUT2D eigenvalue weighted by atomic mass is 10.00. The fraction of sp³-hybridized carbons (Fsp3) is 0.0667. The summed E-state index contributed by atoms with van der Waals surface area (Å²) in [6.45, 7) is 1.64. The van der Waals surface area contributed by atoms with Gasteiger partial charge >= 0.3 is 7.87 Å². The predicted octanol–water partition coefficient (Wildman–Crippen LogP) is 4.96. The molecular formula is C15H11Cl3N2O2Si. The SMILES string of the molecule is C[Si]1(Cl)ON=C(c2ccc(Cl)cc2)C(c2ccc(Cl)cc2)=NO1. The monoisotopic (exact) mass is 384 g/mol. The molecule has 1 aliphatic heterocycles. The Morgan fingerprint density at radius 3 is 1.43 bits per heavy atom. The summed E-state index contributed by atoms with van der Waals surface area (Å²) in [4.78, 5) is 0. The van der Waals surface area contributed by atoms with Crippen LogP contribution < -0.4 is 0 Å². The number of halogens is 3. The van der Waals surface area contributed by atoms with E-state index in [9.17, 15) is 0 Å². The Morgan fingerprint density at radius 1 is 0.739 bits per heavy atom. The maximum Gasteiger partial charge on any atom is 0.608 e. The molecule has 0 amide bonds. The Balaban J connectivity index is 2.09. The lowest BCUT2D eigenvalue weighted by molar-refractivity contribution is 0.212. The molecule has 0 fully saturated rings. The summed E-state index contributed by atoms with van der Waals surface area (Å²) < 4.78 is 10.7. The maximum absolute atomic E-state index is 6.17. The van der Waals surface area contributed by atoms with Crippen molar-refractivity contribution < 1.29 is 9.05 Å². The van der Waals surface area contributed by atoms with E-state index in [0.29, 0.717) is 21.5 Å². The first-order chi connectivity index (χ1) is 10.9. The number of hydrogen-bond acceptors (Lipinski definition) is 4. The summed E-state index contributed by atoms with van der Waals surface area (Å²) in [6, 6.07) is 14.4.